The van der Waals surface area contributed by atoms with E-state index < -0.39 is 0 Å². The maximum atomic E-state index is 5.28. The smallest absolute Gasteiger partial charge is 0.0601 e. The third-order valence-corrected chi connectivity index (χ3v) is 3.37. The molecule has 1 atom stereocenters. The van der Waals surface area contributed by atoms with Gasteiger partial charge in [-0.15, -0.1) is 0 Å². The highest BCUT2D eigenvalue weighted by atomic mass is 16.5. The van der Waals surface area contributed by atoms with Gasteiger partial charge in [0.15, 0.2) is 0 Å². The minimum Gasteiger partial charge on any atom is -0.381 e. The Morgan fingerprint density at radius 1 is 1.33 bits per heavy atom. The normalized spacial score (nSPS) is 43.0. The highest BCUT2D eigenvalue weighted by Crippen LogP contribution is 2.31. The summed E-state index contributed by atoms with van der Waals surface area (Å²) in [7, 11) is 1.83. The molecular formula is C10H19NO. The fourth-order valence-electron chi connectivity index (χ4n) is 2.33. The lowest BCUT2D eigenvalue weighted by Gasteiger charge is -2.40. The first kappa shape index (κ1) is 8.52. The van der Waals surface area contributed by atoms with Crippen LogP contribution in [0.15, 0.2) is 0 Å². The summed E-state index contributed by atoms with van der Waals surface area (Å²) in [5, 5.41) is 0. The Balaban J connectivity index is 1.74. The summed E-state index contributed by atoms with van der Waals surface area (Å²) in [5.74, 6) is 0.923. The van der Waals surface area contributed by atoms with Crippen molar-refractivity contribution in [3.05, 3.63) is 0 Å². The third kappa shape index (κ3) is 1.50. The zero-order valence-corrected chi connectivity index (χ0v) is 8.12. The summed E-state index contributed by atoms with van der Waals surface area (Å²) in [5.41, 5.74) is 0. The second kappa shape index (κ2) is 3.35. The molecule has 12 heavy (non-hydrogen) atoms. The van der Waals surface area contributed by atoms with Crippen molar-refractivity contribution >= 4 is 0 Å². The van der Waals surface area contributed by atoms with Gasteiger partial charge >= 0.3 is 0 Å². The molecule has 0 bridgehead atoms. The molecule has 1 saturated heterocycles. The van der Waals surface area contributed by atoms with E-state index in [1.165, 1.54) is 32.4 Å². The van der Waals surface area contributed by atoms with E-state index in [4.69, 9.17) is 4.74 Å². The number of ether oxygens (including phenoxy) is 1. The second-order valence-electron chi connectivity index (χ2n) is 4.37. The number of hydrogen-bond acceptors (Lipinski definition) is 2. The Morgan fingerprint density at radius 2 is 2.08 bits per heavy atom. The molecule has 0 spiro atoms. The first-order valence-electron chi connectivity index (χ1n) is 5.06. The van der Waals surface area contributed by atoms with Crippen LogP contribution in [0.3, 0.4) is 0 Å². The second-order valence-corrected chi connectivity index (χ2v) is 4.37. The van der Waals surface area contributed by atoms with E-state index in [1.807, 2.05) is 7.11 Å². The molecule has 2 nitrogen and oxygen atoms in total. The Bertz CT molecular complexity index is 154. The Kier molecular flexibility index (Phi) is 2.37. The maximum Gasteiger partial charge on any atom is 0.0601 e. The van der Waals surface area contributed by atoms with Crippen molar-refractivity contribution in [3.8, 4) is 0 Å². The molecule has 0 aromatic heterocycles. The maximum absolute atomic E-state index is 5.28. The lowest BCUT2D eigenvalue weighted by molar-refractivity contribution is -0.0209. The molecule has 2 aliphatic rings. The molecule has 2 heteroatoms. The van der Waals surface area contributed by atoms with Crippen LogP contribution in [0, 0.1) is 5.92 Å². The largest absolute Gasteiger partial charge is 0.381 e. The highest BCUT2D eigenvalue weighted by molar-refractivity contribution is 4.90. The predicted molar refractivity (Wildman–Crippen MR) is 49.2 cm³/mol. The Labute approximate surface area is 74.9 Å². The quantitative estimate of drug-likeness (QED) is 0.621. The number of methoxy groups -OCH3 is 1. The van der Waals surface area contributed by atoms with Crippen LogP contribution in [0.5, 0.6) is 0 Å². The number of nitrogens with zero attached hydrogens (tertiary/aromatic N) is 1. The predicted octanol–water partition coefficient (Wildman–Crippen LogP) is 1.51. The van der Waals surface area contributed by atoms with Gasteiger partial charge in [-0.3, -0.25) is 4.90 Å². The Hall–Kier alpha value is -0.0800. The molecule has 70 valence electrons. The summed E-state index contributed by atoms with van der Waals surface area (Å²) in [6.45, 7) is 5.00. The van der Waals surface area contributed by atoms with Gasteiger partial charge < -0.3 is 4.74 Å². The van der Waals surface area contributed by atoms with Crippen LogP contribution in [0.1, 0.15) is 26.2 Å². The molecule has 0 N–H and O–H groups in total. The van der Waals surface area contributed by atoms with Gasteiger partial charge in [0.05, 0.1) is 6.10 Å². The molecule has 2 rings (SSSR count). The zero-order chi connectivity index (χ0) is 8.55. The molecule has 0 amide bonds. The van der Waals surface area contributed by atoms with E-state index in [0.29, 0.717) is 6.10 Å². The first-order chi connectivity index (χ1) is 5.79. The summed E-state index contributed by atoms with van der Waals surface area (Å²) in [4.78, 5) is 2.64. The van der Waals surface area contributed by atoms with Crippen molar-refractivity contribution in [2.45, 2.75) is 38.3 Å². The first-order valence-corrected chi connectivity index (χ1v) is 5.06. The molecule has 2 fully saturated rings. The van der Waals surface area contributed by atoms with Crippen molar-refractivity contribution in [1.82, 2.24) is 4.90 Å². The van der Waals surface area contributed by atoms with Gasteiger partial charge in [-0.25, -0.2) is 0 Å². The van der Waals surface area contributed by atoms with Crippen LogP contribution in [-0.4, -0.2) is 37.2 Å². The van der Waals surface area contributed by atoms with Gasteiger partial charge in [0, 0.05) is 19.7 Å². The van der Waals surface area contributed by atoms with Gasteiger partial charge in [-0.1, -0.05) is 6.92 Å². The van der Waals surface area contributed by atoms with Crippen LogP contribution < -0.4 is 0 Å². The van der Waals surface area contributed by atoms with Gasteiger partial charge in [0.1, 0.15) is 0 Å². The van der Waals surface area contributed by atoms with Crippen LogP contribution in [0.2, 0.25) is 0 Å². The fourth-order valence-corrected chi connectivity index (χ4v) is 2.33. The number of likely N-dealkylation sites (tertiary alicyclic amines) is 1. The van der Waals surface area contributed by atoms with E-state index in [0.717, 1.165) is 12.0 Å². The lowest BCUT2D eigenvalue weighted by atomic mass is 9.88. The van der Waals surface area contributed by atoms with E-state index in [9.17, 15) is 0 Å². The molecule has 1 aliphatic heterocycles. The average Bonchev–Trinajstić information content (AvgIpc) is 2.34. The topological polar surface area (TPSA) is 12.5 Å². The molecule has 1 heterocycles. The molecule has 1 saturated carbocycles. The molecule has 0 aromatic carbocycles. The van der Waals surface area contributed by atoms with Gasteiger partial charge in [0.2, 0.25) is 0 Å². The standard InChI is InChI=1S/C10H19NO/c1-8-3-4-11(7-8)9-5-10(6-9)12-2/h8-10H,3-7H2,1-2H3/t8-,9?,10?/m0/s1. The number of rotatable bonds is 2. The van der Waals surface area contributed by atoms with E-state index in [2.05, 4.69) is 11.8 Å². The van der Waals surface area contributed by atoms with E-state index >= 15 is 0 Å². The van der Waals surface area contributed by atoms with Gasteiger partial charge in [-0.05, 0) is 31.7 Å². The van der Waals surface area contributed by atoms with Crippen LogP contribution in [0.4, 0.5) is 0 Å². The molecule has 0 radical (unpaired) electrons. The molecule has 0 aromatic rings. The van der Waals surface area contributed by atoms with Crippen LogP contribution >= 0.6 is 0 Å². The van der Waals surface area contributed by atoms with Crippen LogP contribution in [-0.2, 0) is 4.74 Å². The third-order valence-electron chi connectivity index (χ3n) is 3.37. The molecular weight excluding hydrogens is 150 g/mol. The zero-order valence-electron chi connectivity index (χ0n) is 8.12. The summed E-state index contributed by atoms with van der Waals surface area (Å²) in [6, 6.07) is 0.847. The number of hydrogen-bond donors (Lipinski definition) is 0. The van der Waals surface area contributed by atoms with Gasteiger partial charge in [0.25, 0.3) is 0 Å². The summed E-state index contributed by atoms with van der Waals surface area (Å²) in [6.07, 6.45) is 4.49. The van der Waals surface area contributed by atoms with Crippen molar-refractivity contribution in [2.75, 3.05) is 20.2 Å². The van der Waals surface area contributed by atoms with Crippen molar-refractivity contribution < 1.29 is 4.74 Å². The minimum atomic E-state index is 0.561. The van der Waals surface area contributed by atoms with Crippen molar-refractivity contribution in [1.29, 1.82) is 0 Å². The van der Waals surface area contributed by atoms with E-state index in [-0.39, 0.29) is 0 Å². The molecule has 0 unspecified atom stereocenters. The minimum absolute atomic E-state index is 0.561. The molecule has 1 aliphatic carbocycles. The Morgan fingerprint density at radius 3 is 2.58 bits per heavy atom. The van der Waals surface area contributed by atoms with Crippen LogP contribution in [0.25, 0.3) is 0 Å². The lowest BCUT2D eigenvalue weighted by Crippen LogP contribution is -2.46. The summed E-state index contributed by atoms with van der Waals surface area (Å²) >= 11 is 0. The summed E-state index contributed by atoms with van der Waals surface area (Å²) < 4.78 is 5.28. The highest BCUT2D eigenvalue weighted by Gasteiger charge is 2.35. The SMILES string of the molecule is COC1CC(N2CC[C@H](C)C2)C1. The van der Waals surface area contributed by atoms with E-state index in [1.54, 1.807) is 0 Å². The fraction of sp³-hybridized carbons (Fsp3) is 1.00. The van der Waals surface area contributed by atoms with Gasteiger partial charge in [-0.2, -0.15) is 0 Å². The average molecular weight is 169 g/mol. The van der Waals surface area contributed by atoms with Crippen molar-refractivity contribution in [3.63, 3.8) is 0 Å². The van der Waals surface area contributed by atoms with Crippen molar-refractivity contribution in [2.24, 2.45) is 5.92 Å². The monoisotopic (exact) mass is 169 g/mol.